The SMILES string of the molecule is COCC(N)C(=O)Cc1ccc(Br)cc1F. The number of hydrogen-bond donors (Lipinski definition) is 1. The summed E-state index contributed by atoms with van der Waals surface area (Å²) in [6, 6.07) is 3.88. The Kier molecular flexibility index (Phi) is 5.05. The highest BCUT2D eigenvalue weighted by atomic mass is 79.9. The molecule has 88 valence electrons. The highest BCUT2D eigenvalue weighted by molar-refractivity contribution is 9.10. The minimum atomic E-state index is -0.701. The summed E-state index contributed by atoms with van der Waals surface area (Å²) in [5.74, 6) is -0.643. The summed E-state index contributed by atoms with van der Waals surface area (Å²) >= 11 is 3.15. The zero-order valence-corrected chi connectivity index (χ0v) is 10.5. The summed E-state index contributed by atoms with van der Waals surface area (Å²) in [5.41, 5.74) is 5.90. The van der Waals surface area contributed by atoms with Crippen molar-refractivity contribution in [2.24, 2.45) is 5.73 Å². The van der Waals surface area contributed by atoms with Crippen LogP contribution in [0.4, 0.5) is 4.39 Å². The quantitative estimate of drug-likeness (QED) is 0.897. The van der Waals surface area contributed by atoms with Crippen molar-refractivity contribution in [2.45, 2.75) is 12.5 Å². The number of methoxy groups -OCH3 is 1. The predicted octanol–water partition coefficient (Wildman–Crippen LogP) is 1.67. The molecule has 0 aliphatic rings. The van der Waals surface area contributed by atoms with Gasteiger partial charge in [-0.15, -0.1) is 0 Å². The lowest BCUT2D eigenvalue weighted by atomic mass is 10.0. The van der Waals surface area contributed by atoms with Crippen LogP contribution in [-0.4, -0.2) is 25.5 Å². The Balaban J connectivity index is 2.69. The Morgan fingerprint density at radius 2 is 2.31 bits per heavy atom. The van der Waals surface area contributed by atoms with Gasteiger partial charge in [-0.1, -0.05) is 22.0 Å². The minimum Gasteiger partial charge on any atom is -0.383 e. The molecule has 16 heavy (non-hydrogen) atoms. The average Bonchev–Trinajstić information content (AvgIpc) is 2.22. The number of carbonyl (C=O) groups excluding carboxylic acids is 1. The number of Topliss-reactive ketones (excluding diaryl/α,β-unsaturated/α-hetero) is 1. The molecule has 0 aliphatic carbocycles. The van der Waals surface area contributed by atoms with Crippen molar-refractivity contribution in [3.8, 4) is 0 Å². The maximum atomic E-state index is 13.4. The fourth-order valence-electron chi connectivity index (χ4n) is 1.26. The number of nitrogens with two attached hydrogens (primary N) is 1. The molecule has 0 saturated heterocycles. The summed E-state index contributed by atoms with van der Waals surface area (Å²) in [5, 5.41) is 0. The fraction of sp³-hybridized carbons (Fsp3) is 0.364. The third-order valence-electron chi connectivity index (χ3n) is 2.14. The molecular formula is C11H13BrFNO2. The van der Waals surface area contributed by atoms with Gasteiger partial charge < -0.3 is 10.5 Å². The molecule has 0 fully saturated rings. The van der Waals surface area contributed by atoms with Gasteiger partial charge in [-0.3, -0.25) is 4.79 Å². The van der Waals surface area contributed by atoms with E-state index in [1.165, 1.54) is 13.2 Å². The summed E-state index contributed by atoms with van der Waals surface area (Å²) in [6.45, 7) is 0.150. The first kappa shape index (κ1) is 13.3. The van der Waals surface area contributed by atoms with Gasteiger partial charge in [0.15, 0.2) is 5.78 Å². The molecule has 0 heterocycles. The van der Waals surface area contributed by atoms with Crippen molar-refractivity contribution in [2.75, 3.05) is 13.7 Å². The molecule has 2 N–H and O–H groups in total. The molecule has 0 aliphatic heterocycles. The topological polar surface area (TPSA) is 52.3 Å². The molecule has 5 heteroatoms. The van der Waals surface area contributed by atoms with Crippen molar-refractivity contribution in [1.29, 1.82) is 0 Å². The van der Waals surface area contributed by atoms with Crippen molar-refractivity contribution in [3.63, 3.8) is 0 Å². The Labute approximate surface area is 102 Å². The Morgan fingerprint density at radius 3 is 2.88 bits per heavy atom. The van der Waals surface area contributed by atoms with E-state index in [1.807, 2.05) is 0 Å². The van der Waals surface area contributed by atoms with E-state index in [0.717, 1.165) is 0 Å². The smallest absolute Gasteiger partial charge is 0.156 e. The fourth-order valence-corrected chi connectivity index (χ4v) is 1.59. The highest BCUT2D eigenvalue weighted by Crippen LogP contribution is 2.16. The van der Waals surface area contributed by atoms with Gasteiger partial charge >= 0.3 is 0 Å². The van der Waals surface area contributed by atoms with Gasteiger partial charge in [0, 0.05) is 18.0 Å². The van der Waals surface area contributed by atoms with Crippen LogP contribution in [0.3, 0.4) is 0 Å². The van der Waals surface area contributed by atoms with Crippen LogP contribution < -0.4 is 5.73 Å². The molecule has 1 aromatic rings. The van der Waals surface area contributed by atoms with Crippen molar-refractivity contribution >= 4 is 21.7 Å². The molecule has 0 aromatic heterocycles. The van der Waals surface area contributed by atoms with Crippen molar-refractivity contribution in [3.05, 3.63) is 34.1 Å². The largest absolute Gasteiger partial charge is 0.383 e. The van der Waals surface area contributed by atoms with Crippen LogP contribution in [0.1, 0.15) is 5.56 Å². The standard InChI is InChI=1S/C11H13BrFNO2/c1-16-6-10(14)11(15)4-7-2-3-8(12)5-9(7)13/h2-3,5,10H,4,6,14H2,1H3. The average molecular weight is 290 g/mol. The van der Waals surface area contributed by atoms with Gasteiger partial charge in [0.05, 0.1) is 12.6 Å². The predicted molar refractivity (Wildman–Crippen MR) is 62.7 cm³/mol. The second kappa shape index (κ2) is 6.08. The Hall–Kier alpha value is -0.780. The van der Waals surface area contributed by atoms with Gasteiger partial charge in [-0.25, -0.2) is 4.39 Å². The van der Waals surface area contributed by atoms with Crippen LogP contribution in [0.5, 0.6) is 0 Å². The number of rotatable bonds is 5. The normalized spacial score (nSPS) is 12.5. The number of hydrogen-bond acceptors (Lipinski definition) is 3. The molecular weight excluding hydrogens is 277 g/mol. The molecule has 0 saturated carbocycles. The number of carbonyl (C=O) groups is 1. The van der Waals surface area contributed by atoms with Gasteiger partial charge in [-0.2, -0.15) is 0 Å². The Morgan fingerprint density at radius 1 is 1.62 bits per heavy atom. The van der Waals surface area contributed by atoms with E-state index in [4.69, 9.17) is 10.5 Å². The first-order chi connectivity index (χ1) is 7.54. The number of ketones is 1. The van der Waals surface area contributed by atoms with Crippen LogP contribution in [0.15, 0.2) is 22.7 Å². The molecule has 1 unspecified atom stereocenters. The minimum absolute atomic E-state index is 0.0103. The molecule has 1 atom stereocenters. The lowest BCUT2D eigenvalue weighted by molar-refractivity contribution is -0.120. The lowest BCUT2D eigenvalue weighted by Gasteiger charge is -2.09. The number of ether oxygens (including phenoxy) is 1. The molecule has 0 amide bonds. The van der Waals surface area contributed by atoms with Crippen molar-refractivity contribution < 1.29 is 13.9 Å². The van der Waals surface area contributed by atoms with Crippen LogP contribution in [0.25, 0.3) is 0 Å². The summed E-state index contributed by atoms with van der Waals surface area (Å²) in [4.78, 5) is 11.6. The summed E-state index contributed by atoms with van der Waals surface area (Å²) in [6.07, 6.45) is -0.0103. The monoisotopic (exact) mass is 289 g/mol. The third kappa shape index (κ3) is 3.66. The van der Waals surface area contributed by atoms with E-state index in [9.17, 15) is 9.18 Å². The van der Waals surface area contributed by atoms with Gasteiger partial charge in [0.2, 0.25) is 0 Å². The van der Waals surface area contributed by atoms with E-state index in [2.05, 4.69) is 15.9 Å². The van der Waals surface area contributed by atoms with Crippen LogP contribution in [0.2, 0.25) is 0 Å². The lowest BCUT2D eigenvalue weighted by Crippen LogP contribution is -2.36. The molecule has 1 aromatic carbocycles. The van der Waals surface area contributed by atoms with Crippen LogP contribution in [0, 0.1) is 5.82 Å². The molecule has 1 rings (SSSR count). The number of benzene rings is 1. The maximum Gasteiger partial charge on any atom is 0.156 e. The highest BCUT2D eigenvalue weighted by Gasteiger charge is 2.15. The van der Waals surface area contributed by atoms with E-state index in [0.29, 0.717) is 10.0 Å². The van der Waals surface area contributed by atoms with Gasteiger partial charge in [-0.05, 0) is 17.7 Å². The summed E-state index contributed by atoms with van der Waals surface area (Å²) < 4.78 is 18.8. The Bertz CT molecular complexity index is 384. The molecule has 0 spiro atoms. The second-order valence-corrected chi connectivity index (χ2v) is 4.36. The maximum absolute atomic E-state index is 13.4. The zero-order valence-electron chi connectivity index (χ0n) is 8.87. The van der Waals surface area contributed by atoms with Crippen LogP contribution in [-0.2, 0) is 16.0 Å². The second-order valence-electron chi connectivity index (χ2n) is 3.44. The molecule has 3 nitrogen and oxygen atoms in total. The van der Waals surface area contributed by atoms with Gasteiger partial charge in [0.1, 0.15) is 5.82 Å². The van der Waals surface area contributed by atoms with Crippen molar-refractivity contribution in [1.82, 2.24) is 0 Å². The first-order valence-corrected chi connectivity index (χ1v) is 5.55. The van der Waals surface area contributed by atoms with E-state index in [1.54, 1.807) is 12.1 Å². The summed E-state index contributed by atoms with van der Waals surface area (Å²) in [7, 11) is 1.47. The van der Waals surface area contributed by atoms with E-state index in [-0.39, 0.29) is 18.8 Å². The zero-order chi connectivity index (χ0) is 12.1. The van der Waals surface area contributed by atoms with Gasteiger partial charge in [0.25, 0.3) is 0 Å². The first-order valence-electron chi connectivity index (χ1n) is 4.75. The van der Waals surface area contributed by atoms with E-state index >= 15 is 0 Å². The van der Waals surface area contributed by atoms with E-state index < -0.39 is 11.9 Å². The molecule has 0 bridgehead atoms. The molecule has 0 radical (unpaired) electrons. The third-order valence-corrected chi connectivity index (χ3v) is 2.63. The number of halogens is 2. The van der Waals surface area contributed by atoms with Crippen LogP contribution >= 0.6 is 15.9 Å².